The fourth-order valence-electron chi connectivity index (χ4n) is 7.18. The second-order valence-electron chi connectivity index (χ2n) is 12.3. The van der Waals surface area contributed by atoms with Gasteiger partial charge in [-0.1, -0.05) is 26.8 Å². The molecule has 0 aromatic carbocycles. The summed E-state index contributed by atoms with van der Waals surface area (Å²) < 4.78 is 28.6. The van der Waals surface area contributed by atoms with Gasteiger partial charge in [-0.05, 0) is 79.2 Å². The van der Waals surface area contributed by atoms with Crippen LogP contribution >= 0.6 is 0 Å². The van der Waals surface area contributed by atoms with Gasteiger partial charge in [-0.25, -0.2) is 9.59 Å². The number of hydrogen-bond donors (Lipinski definition) is 1. The number of fused-ring (bicyclic) bond motifs is 2. The number of allylic oxidation sites excluding steroid dienone is 1. The Morgan fingerprint density at radius 1 is 1.05 bits per heavy atom. The van der Waals surface area contributed by atoms with Crippen molar-refractivity contribution in [2.24, 2.45) is 29.1 Å². The Morgan fingerprint density at radius 2 is 1.67 bits per heavy atom. The molecular formula is C30H34O9. The fraction of sp³-hybridized carbons (Fsp3) is 0.567. The van der Waals surface area contributed by atoms with Crippen molar-refractivity contribution in [1.82, 2.24) is 0 Å². The number of epoxide rings is 1. The zero-order chi connectivity index (χ0) is 27.7. The van der Waals surface area contributed by atoms with Crippen LogP contribution < -0.4 is 0 Å². The predicted octanol–water partition coefficient (Wildman–Crippen LogP) is 4.36. The van der Waals surface area contributed by atoms with Gasteiger partial charge in [0.05, 0.1) is 25.1 Å². The predicted molar refractivity (Wildman–Crippen MR) is 135 cm³/mol. The zero-order valence-electron chi connectivity index (χ0n) is 22.5. The van der Waals surface area contributed by atoms with E-state index in [2.05, 4.69) is 13.8 Å². The molecule has 9 heteroatoms. The van der Waals surface area contributed by atoms with Crippen LogP contribution in [0.15, 0.2) is 57.3 Å². The molecule has 8 atom stereocenters. The van der Waals surface area contributed by atoms with Crippen molar-refractivity contribution in [3.05, 3.63) is 60.0 Å². The van der Waals surface area contributed by atoms with Crippen molar-refractivity contribution in [2.45, 2.75) is 70.4 Å². The van der Waals surface area contributed by atoms with Gasteiger partial charge in [0.15, 0.2) is 5.78 Å². The molecule has 1 N–H and O–H groups in total. The summed E-state index contributed by atoms with van der Waals surface area (Å²) in [6.07, 6.45) is 4.07. The minimum absolute atomic E-state index is 0.000503. The number of carbonyl (C=O) groups excluding carboxylic acids is 3. The van der Waals surface area contributed by atoms with Gasteiger partial charge < -0.3 is 28.2 Å². The molecule has 2 aromatic heterocycles. The molecule has 3 aliphatic carbocycles. The Bertz CT molecular complexity index is 1300. The van der Waals surface area contributed by atoms with E-state index in [1.807, 2.05) is 13.0 Å². The smallest absolute Gasteiger partial charge is 0.374 e. The van der Waals surface area contributed by atoms with Crippen molar-refractivity contribution in [3.63, 3.8) is 0 Å². The first-order valence-electron chi connectivity index (χ1n) is 13.6. The van der Waals surface area contributed by atoms with Crippen molar-refractivity contribution in [1.29, 1.82) is 0 Å². The number of esters is 2. The average molecular weight is 539 g/mol. The summed E-state index contributed by atoms with van der Waals surface area (Å²) in [6, 6.07) is 6.12. The number of ether oxygens (including phenoxy) is 3. The van der Waals surface area contributed by atoms with Crippen LogP contribution in [-0.4, -0.2) is 52.8 Å². The minimum atomic E-state index is -1.96. The van der Waals surface area contributed by atoms with Crippen LogP contribution in [0.25, 0.3) is 0 Å². The summed E-state index contributed by atoms with van der Waals surface area (Å²) in [7, 11) is 0. The van der Waals surface area contributed by atoms with E-state index in [-0.39, 0.29) is 29.3 Å². The lowest BCUT2D eigenvalue weighted by Gasteiger charge is -2.39. The van der Waals surface area contributed by atoms with Crippen LogP contribution in [0.4, 0.5) is 0 Å². The molecule has 4 aliphatic rings. The van der Waals surface area contributed by atoms with Gasteiger partial charge in [0.1, 0.15) is 23.4 Å². The molecule has 3 heterocycles. The van der Waals surface area contributed by atoms with E-state index in [0.717, 1.165) is 6.42 Å². The lowest BCUT2D eigenvalue weighted by Crippen LogP contribution is -2.56. The Labute approximate surface area is 226 Å². The molecule has 1 saturated heterocycles. The van der Waals surface area contributed by atoms with Gasteiger partial charge in [0.25, 0.3) is 0 Å². The van der Waals surface area contributed by atoms with Gasteiger partial charge in [-0.15, -0.1) is 0 Å². The summed E-state index contributed by atoms with van der Waals surface area (Å²) in [6.45, 7) is 8.18. The number of hydrogen-bond acceptors (Lipinski definition) is 9. The summed E-state index contributed by atoms with van der Waals surface area (Å²) in [5.74, 6) is -2.92. The second-order valence-corrected chi connectivity index (χ2v) is 12.3. The second kappa shape index (κ2) is 8.93. The average Bonchev–Trinajstić information content (AvgIpc) is 3.42. The van der Waals surface area contributed by atoms with E-state index in [1.165, 1.54) is 24.7 Å². The van der Waals surface area contributed by atoms with Crippen LogP contribution in [-0.2, 0) is 19.0 Å². The van der Waals surface area contributed by atoms with Crippen molar-refractivity contribution >= 4 is 17.7 Å². The highest BCUT2D eigenvalue weighted by atomic mass is 16.6. The van der Waals surface area contributed by atoms with Gasteiger partial charge in [0, 0.05) is 0 Å². The lowest BCUT2D eigenvalue weighted by molar-refractivity contribution is -0.152. The Morgan fingerprint density at radius 3 is 2.23 bits per heavy atom. The molecule has 9 nitrogen and oxygen atoms in total. The first-order valence-corrected chi connectivity index (χ1v) is 13.6. The Kier molecular flexibility index (Phi) is 5.97. The molecule has 1 aliphatic heterocycles. The number of Topliss-reactive ketones (excluding diaryl/α,β-unsaturated/α-hetero) is 1. The van der Waals surface area contributed by atoms with Gasteiger partial charge in [-0.2, -0.15) is 0 Å². The normalized spacial score (nSPS) is 40.0. The molecule has 1 spiro atoms. The molecule has 0 amide bonds. The quantitative estimate of drug-likeness (QED) is 0.446. The third kappa shape index (κ3) is 4.17. The molecule has 208 valence electrons. The minimum Gasteiger partial charge on any atom is -0.457 e. The molecule has 2 aromatic rings. The SMILES string of the molecule is C/C1=C\[C@@H]2[C@H](CC[C@]3(CO3)[C@H](OC(=O)c3ccco3)[C@H]3[C@@H](OC(=O)c4ccco4)[C@@H](C)C[C@]3(O)C1=O)C2(C)C. The molecule has 2 saturated carbocycles. The molecule has 6 rings (SSSR count). The summed E-state index contributed by atoms with van der Waals surface area (Å²) in [4.78, 5) is 40.4. The Hall–Kier alpha value is -3.17. The standard InChI is InChI=1S/C30H34O9/c1-16-13-19-18(28(19,3)4)9-10-29(15-37-29)25(39-27(33)21-8-6-12-36-21)22-23(17(2)14-30(22,34)24(16)31)38-26(32)20-7-5-11-35-20/h5-8,11-13,17-19,22-23,25,34H,9-10,14-15H2,1-4H3/b16-13+/t17-,18-,19+,22+,23-,25+,29-,30+/m0/s1. The Balaban J connectivity index is 1.45. The number of ketones is 1. The van der Waals surface area contributed by atoms with E-state index in [4.69, 9.17) is 23.0 Å². The zero-order valence-corrected chi connectivity index (χ0v) is 22.5. The summed E-state index contributed by atoms with van der Waals surface area (Å²) in [5.41, 5.74) is -2.43. The van der Waals surface area contributed by atoms with E-state index in [0.29, 0.717) is 24.5 Å². The maximum absolute atomic E-state index is 14.1. The first kappa shape index (κ1) is 26.1. The number of carbonyl (C=O) groups is 3. The maximum atomic E-state index is 14.1. The third-order valence-corrected chi connectivity index (χ3v) is 9.58. The van der Waals surface area contributed by atoms with Crippen molar-refractivity contribution < 1.29 is 42.5 Å². The van der Waals surface area contributed by atoms with Crippen molar-refractivity contribution in [3.8, 4) is 0 Å². The van der Waals surface area contributed by atoms with Gasteiger partial charge >= 0.3 is 11.9 Å². The van der Waals surface area contributed by atoms with E-state index in [9.17, 15) is 19.5 Å². The van der Waals surface area contributed by atoms with Crippen LogP contribution in [0.5, 0.6) is 0 Å². The van der Waals surface area contributed by atoms with Gasteiger partial charge in [0.2, 0.25) is 11.5 Å². The van der Waals surface area contributed by atoms with Crippen LogP contribution in [0, 0.1) is 29.1 Å². The topological polar surface area (TPSA) is 129 Å². The lowest BCUT2D eigenvalue weighted by atomic mass is 9.74. The molecule has 0 bridgehead atoms. The van der Waals surface area contributed by atoms with Gasteiger partial charge in [-0.3, -0.25) is 4.79 Å². The third-order valence-electron chi connectivity index (χ3n) is 9.58. The summed E-state index contributed by atoms with van der Waals surface area (Å²) >= 11 is 0. The van der Waals surface area contributed by atoms with E-state index >= 15 is 0 Å². The highest BCUT2D eigenvalue weighted by Gasteiger charge is 2.69. The maximum Gasteiger partial charge on any atom is 0.374 e. The van der Waals surface area contributed by atoms with Crippen molar-refractivity contribution in [2.75, 3.05) is 6.61 Å². The molecule has 39 heavy (non-hydrogen) atoms. The number of furan rings is 2. The largest absolute Gasteiger partial charge is 0.457 e. The monoisotopic (exact) mass is 538 g/mol. The van der Waals surface area contributed by atoms with Crippen LogP contribution in [0.2, 0.25) is 0 Å². The number of rotatable bonds is 4. The molecule has 3 fully saturated rings. The highest BCUT2D eigenvalue weighted by molar-refractivity contribution is 6.02. The first-order chi connectivity index (χ1) is 18.5. The number of aliphatic hydroxyl groups is 1. The summed E-state index contributed by atoms with van der Waals surface area (Å²) in [5, 5.41) is 12.3. The molecular weight excluding hydrogens is 504 g/mol. The van der Waals surface area contributed by atoms with Crippen LogP contribution in [0.3, 0.4) is 0 Å². The fourth-order valence-corrected chi connectivity index (χ4v) is 7.18. The highest BCUT2D eigenvalue weighted by Crippen LogP contribution is 2.63. The molecule has 0 radical (unpaired) electrons. The van der Waals surface area contributed by atoms with Crippen LogP contribution in [0.1, 0.15) is 68.1 Å². The van der Waals surface area contributed by atoms with E-state index in [1.54, 1.807) is 19.1 Å². The van der Waals surface area contributed by atoms with E-state index < -0.39 is 53.0 Å². The molecule has 0 unspecified atom stereocenters.